The minimum atomic E-state index is -0.845. The van der Waals surface area contributed by atoms with Crippen LogP contribution in [0.3, 0.4) is 0 Å². The maximum atomic E-state index is 13.7. The molecule has 1 N–H and O–H groups in total. The van der Waals surface area contributed by atoms with Crippen molar-refractivity contribution >= 4 is 35.0 Å². The second-order valence-electron chi connectivity index (χ2n) is 9.61. The van der Waals surface area contributed by atoms with Gasteiger partial charge < -0.3 is 19.7 Å². The summed E-state index contributed by atoms with van der Waals surface area (Å²) in [5.41, 5.74) is 0.958. The van der Waals surface area contributed by atoms with E-state index in [2.05, 4.69) is 5.32 Å². The Morgan fingerprint density at radius 3 is 2.08 bits per heavy atom. The molecule has 3 aromatic rings. The minimum Gasteiger partial charge on any atom is -0.493 e. The lowest BCUT2D eigenvalue weighted by Crippen LogP contribution is -2.55. The quantitative estimate of drug-likeness (QED) is 0.344. The fourth-order valence-corrected chi connectivity index (χ4v) is 4.34. The van der Waals surface area contributed by atoms with Gasteiger partial charge in [-0.1, -0.05) is 71.7 Å². The number of amides is 2. The summed E-state index contributed by atoms with van der Waals surface area (Å²) in [5, 5.41) is 3.84. The van der Waals surface area contributed by atoms with Crippen LogP contribution in [0, 0.1) is 0 Å². The van der Waals surface area contributed by atoms with Gasteiger partial charge in [-0.15, -0.1) is 0 Å². The molecule has 0 saturated carbocycles. The largest absolute Gasteiger partial charge is 0.493 e. The number of nitrogens with zero attached hydrogens (tertiary/aromatic N) is 1. The van der Waals surface area contributed by atoms with Crippen molar-refractivity contribution in [1.82, 2.24) is 10.2 Å². The fourth-order valence-electron chi connectivity index (χ4n) is 3.82. The molecule has 3 rings (SSSR count). The Kier molecular flexibility index (Phi) is 9.84. The Bertz CT molecular complexity index is 1190. The third-order valence-corrected chi connectivity index (χ3v) is 6.29. The number of hydrogen-bond donors (Lipinski definition) is 1. The van der Waals surface area contributed by atoms with Crippen molar-refractivity contribution in [1.29, 1.82) is 0 Å². The minimum absolute atomic E-state index is 0.0295. The highest BCUT2D eigenvalue weighted by Gasteiger charge is 2.33. The van der Waals surface area contributed by atoms with Crippen LogP contribution in [0.15, 0.2) is 72.8 Å². The average molecular weight is 543 g/mol. The number of halogens is 2. The Hall–Kier alpha value is -3.22. The van der Waals surface area contributed by atoms with E-state index >= 15 is 0 Å². The van der Waals surface area contributed by atoms with Gasteiger partial charge in [-0.05, 0) is 50.6 Å². The topological polar surface area (TPSA) is 67.9 Å². The molecule has 0 fully saturated rings. The van der Waals surface area contributed by atoms with E-state index in [0.717, 1.165) is 5.56 Å². The van der Waals surface area contributed by atoms with Crippen LogP contribution in [-0.4, -0.2) is 42.0 Å². The van der Waals surface area contributed by atoms with Crippen molar-refractivity contribution in [2.75, 3.05) is 13.7 Å². The van der Waals surface area contributed by atoms with Gasteiger partial charge in [0.05, 0.1) is 7.11 Å². The number of carbonyl (C=O) groups is 2. The first-order chi connectivity index (χ1) is 17.6. The normalized spacial score (nSPS) is 11.9. The van der Waals surface area contributed by atoms with Gasteiger partial charge in [-0.2, -0.15) is 0 Å². The predicted octanol–water partition coefficient (Wildman–Crippen LogP) is 5.94. The lowest BCUT2D eigenvalue weighted by atomic mass is 10.0. The van der Waals surface area contributed by atoms with Gasteiger partial charge in [-0.25, -0.2) is 0 Å². The zero-order valence-electron chi connectivity index (χ0n) is 21.5. The first-order valence-corrected chi connectivity index (χ1v) is 12.7. The smallest absolute Gasteiger partial charge is 0.261 e. The number of para-hydroxylation sites is 2. The molecule has 196 valence electrons. The highest BCUT2D eigenvalue weighted by molar-refractivity contribution is 6.36. The molecule has 0 spiro atoms. The highest BCUT2D eigenvalue weighted by atomic mass is 35.5. The molecule has 0 aliphatic heterocycles. The summed E-state index contributed by atoms with van der Waals surface area (Å²) in [4.78, 5) is 28.8. The molecule has 0 unspecified atom stereocenters. The summed E-state index contributed by atoms with van der Waals surface area (Å²) in [6.07, 6.45) is 0.297. The monoisotopic (exact) mass is 542 g/mol. The first kappa shape index (κ1) is 28.4. The molecule has 6 nitrogen and oxygen atoms in total. The number of nitrogens with one attached hydrogen (secondary N) is 1. The molecular formula is C29H32Cl2N2O4. The third-order valence-electron chi connectivity index (χ3n) is 5.58. The van der Waals surface area contributed by atoms with E-state index in [0.29, 0.717) is 33.5 Å². The van der Waals surface area contributed by atoms with E-state index < -0.39 is 17.5 Å². The van der Waals surface area contributed by atoms with Gasteiger partial charge in [0.25, 0.3) is 5.91 Å². The standard InChI is InChI=1S/C29H32Cl2N2O4/c1-29(2,3)32-28(35)24(17-20-11-6-5-7-12-20)33(18-21-22(30)13-10-14-23(21)31)27(34)19-37-26-16-9-8-15-25(26)36-4/h5-16,24H,17-19H2,1-4H3,(H,32,35)/t24-/m1/s1. The number of hydrogen-bond acceptors (Lipinski definition) is 4. The van der Waals surface area contributed by atoms with Crippen LogP contribution in [0.4, 0.5) is 0 Å². The maximum Gasteiger partial charge on any atom is 0.261 e. The average Bonchev–Trinajstić information content (AvgIpc) is 2.86. The number of benzene rings is 3. The molecule has 0 aliphatic rings. The summed E-state index contributed by atoms with van der Waals surface area (Å²) in [6.45, 7) is 5.41. The number of carbonyl (C=O) groups excluding carboxylic acids is 2. The van der Waals surface area contributed by atoms with E-state index in [9.17, 15) is 9.59 Å². The van der Waals surface area contributed by atoms with Gasteiger partial charge in [0.15, 0.2) is 18.1 Å². The van der Waals surface area contributed by atoms with Crippen molar-refractivity contribution in [2.45, 2.75) is 45.3 Å². The molecule has 8 heteroatoms. The van der Waals surface area contributed by atoms with E-state index in [1.165, 1.54) is 12.0 Å². The molecule has 0 saturated heterocycles. The second kappa shape index (κ2) is 12.8. The molecule has 0 bridgehead atoms. The van der Waals surface area contributed by atoms with Gasteiger partial charge in [-0.3, -0.25) is 9.59 Å². The van der Waals surface area contributed by atoms with E-state index in [4.69, 9.17) is 32.7 Å². The molecule has 0 aliphatic carbocycles. The van der Waals surface area contributed by atoms with Gasteiger partial charge in [0.2, 0.25) is 5.91 Å². The van der Waals surface area contributed by atoms with Crippen molar-refractivity contribution in [3.05, 3.63) is 94.0 Å². The Labute approximate surface area is 228 Å². The zero-order chi connectivity index (χ0) is 27.0. The maximum absolute atomic E-state index is 13.7. The predicted molar refractivity (Wildman–Crippen MR) is 147 cm³/mol. The highest BCUT2D eigenvalue weighted by Crippen LogP contribution is 2.29. The van der Waals surface area contributed by atoms with Crippen LogP contribution in [0.1, 0.15) is 31.9 Å². The summed E-state index contributed by atoms with van der Waals surface area (Å²) >= 11 is 12.9. The van der Waals surface area contributed by atoms with Crippen LogP contribution in [-0.2, 0) is 22.6 Å². The summed E-state index contributed by atoms with van der Waals surface area (Å²) < 4.78 is 11.2. The molecule has 0 heterocycles. The van der Waals surface area contributed by atoms with E-state index in [1.54, 1.807) is 36.4 Å². The Morgan fingerprint density at radius 1 is 0.892 bits per heavy atom. The van der Waals surface area contributed by atoms with Crippen LogP contribution >= 0.6 is 23.2 Å². The number of ether oxygens (including phenoxy) is 2. The SMILES string of the molecule is COc1ccccc1OCC(=O)N(Cc1c(Cl)cccc1Cl)[C@H](Cc1ccccc1)C(=O)NC(C)(C)C. The van der Waals surface area contributed by atoms with E-state index in [-0.39, 0.29) is 19.1 Å². The molecule has 0 aromatic heterocycles. The molecule has 1 atom stereocenters. The van der Waals surface area contributed by atoms with E-state index in [1.807, 2.05) is 57.2 Å². The Morgan fingerprint density at radius 2 is 1.49 bits per heavy atom. The van der Waals surface area contributed by atoms with Crippen LogP contribution in [0.25, 0.3) is 0 Å². The number of rotatable bonds is 10. The summed E-state index contributed by atoms with van der Waals surface area (Å²) in [7, 11) is 1.53. The first-order valence-electron chi connectivity index (χ1n) is 11.9. The zero-order valence-corrected chi connectivity index (χ0v) is 23.0. The van der Waals surface area contributed by atoms with Crippen LogP contribution < -0.4 is 14.8 Å². The van der Waals surface area contributed by atoms with Crippen molar-refractivity contribution in [3.63, 3.8) is 0 Å². The van der Waals surface area contributed by atoms with Gasteiger partial charge in [0, 0.05) is 34.1 Å². The van der Waals surface area contributed by atoms with Crippen molar-refractivity contribution < 1.29 is 19.1 Å². The second-order valence-corrected chi connectivity index (χ2v) is 10.4. The molecule has 2 amide bonds. The summed E-state index contributed by atoms with van der Waals surface area (Å²) in [6, 6.07) is 20.9. The van der Waals surface area contributed by atoms with Crippen LogP contribution in [0.5, 0.6) is 11.5 Å². The molecular weight excluding hydrogens is 511 g/mol. The lowest BCUT2D eigenvalue weighted by molar-refractivity contribution is -0.143. The molecule has 37 heavy (non-hydrogen) atoms. The van der Waals surface area contributed by atoms with Gasteiger partial charge >= 0.3 is 0 Å². The van der Waals surface area contributed by atoms with Gasteiger partial charge in [0.1, 0.15) is 6.04 Å². The molecule has 3 aromatic carbocycles. The summed E-state index contributed by atoms with van der Waals surface area (Å²) in [5.74, 6) is 0.243. The number of methoxy groups -OCH3 is 1. The lowest BCUT2D eigenvalue weighted by Gasteiger charge is -2.34. The fraction of sp³-hybridized carbons (Fsp3) is 0.310. The van der Waals surface area contributed by atoms with Crippen molar-refractivity contribution in [2.24, 2.45) is 0 Å². The molecule has 0 radical (unpaired) electrons. The third kappa shape index (κ3) is 8.14. The Balaban J connectivity index is 1.99. The van der Waals surface area contributed by atoms with Crippen LogP contribution in [0.2, 0.25) is 10.0 Å². The van der Waals surface area contributed by atoms with Crippen molar-refractivity contribution in [3.8, 4) is 11.5 Å².